The molecule has 1 aromatic carbocycles. The Morgan fingerprint density at radius 1 is 1.09 bits per heavy atom. The molecule has 32 heavy (non-hydrogen) atoms. The lowest BCUT2D eigenvalue weighted by Gasteiger charge is -2.14. The summed E-state index contributed by atoms with van der Waals surface area (Å²) in [5.74, 6) is -0.210. The summed E-state index contributed by atoms with van der Waals surface area (Å²) in [6, 6.07) is 9.44. The third-order valence-electron chi connectivity index (χ3n) is 6.17. The largest absolute Gasteiger partial charge is 0.354 e. The summed E-state index contributed by atoms with van der Waals surface area (Å²) in [4.78, 5) is 40.8. The standard InChI is InChI=1S/C25H29N3O3S/c1-17-18(2)32-24-22(17)23(30)27(15-20-11-7-4-8-12-20)25(31)28(24)16-21(29)26-14-13-19-9-5-3-6-10-19/h4,7-9,11-12H,3,5-6,10,13-16H2,1-2H3,(H,26,29). The van der Waals surface area contributed by atoms with Crippen molar-refractivity contribution in [3.8, 4) is 0 Å². The summed E-state index contributed by atoms with van der Waals surface area (Å²) in [5, 5.41) is 3.48. The number of aromatic nitrogens is 2. The van der Waals surface area contributed by atoms with Crippen LogP contribution >= 0.6 is 11.3 Å². The van der Waals surface area contributed by atoms with Gasteiger partial charge in [0.25, 0.3) is 5.56 Å². The number of carbonyl (C=O) groups is 1. The number of amides is 1. The molecule has 0 radical (unpaired) electrons. The monoisotopic (exact) mass is 451 g/mol. The van der Waals surface area contributed by atoms with Gasteiger partial charge in [0.15, 0.2) is 0 Å². The topological polar surface area (TPSA) is 73.1 Å². The minimum absolute atomic E-state index is 0.0944. The Bertz CT molecular complexity index is 1280. The maximum Gasteiger partial charge on any atom is 0.332 e. The zero-order valence-corrected chi connectivity index (χ0v) is 19.5. The molecule has 0 aliphatic heterocycles. The molecule has 0 spiro atoms. The number of allylic oxidation sites excluding steroid dienone is 1. The van der Waals surface area contributed by atoms with Crippen LogP contribution in [0.4, 0.5) is 0 Å². The van der Waals surface area contributed by atoms with E-state index in [0.29, 0.717) is 16.8 Å². The van der Waals surface area contributed by atoms with Gasteiger partial charge < -0.3 is 5.32 Å². The van der Waals surface area contributed by atoms with E-state index in [9.17, 15) is 14.4 Å². The van der Waals surface area contributed by atoms with Gasteiger partial charge in [-0.15, -0.1) is 11.3 Å². The Labute approximate surface area is 191 Å². The van der Waals surface area contributed by atoms with Gasteiger partial charge >= 0.3 is 5.69 Å². The average molecular weight is 452 g/mol. The van der Waals surface area contributed by atoms with E-state index in [-0.39, 0.29) is 24.6 Å². The molecule has 1 N–H and O–H groups in total. The van der Waals surface area contributed by atoms with Crippen LogP contribution in [-0.2, 0) is 17.9 Å². The normalized spacial score (nSPS) is 13.9. The SMILES string of the molecule is Cc1sc2c(c1C)c(=O)n(Cc1ccccc1)c(=O)n2CC(=O)NCCC1=CCCCC1. The first-order chi connectivity index (χ1) is 15.5. The molecule has 2 heterocycles. The van der Waals surface area contributed by atoms with E-state index in [0.717, 1.165) is 35.3 Å². The van der Waals surface area contributed by atoms with E-state index >= 15 is 0 Å². The van der Waals surface area contributed by atoms with Crippen LogP contribution in [0.15, 0.2) is 51.6 Å². The fourth-order valence-corrected chi connectivity index (χ4v) is 5.38. The fraction of sp³-hybridized carbons (Fsp3) is 0.400. The predicted octanol–water partition coefficient (Wildman–Crippen LogP) is 3.90. The van der Waals surface area contributed by atoms with Crippen molar-refractivity contribution in [1.29, 1.82) is 0 Å². The highest BCUT2D eigenvalue weighted by Gasteiger charge is 2.20. The first-order valence-electron chi connectivity index (χ1n) is 11.2. The Morgan fingerprint density at radius 3 is 2.59 bits per heavy atom. The second-order valence-electron chi connectivity index (χ2n) is 8.42. The van der Waals surface area contributed by atoms with Crippen LogP contribution in [0, 0.1) is 13.8 Å². The number of thiophene rings is 1. The Kier molecular flexibility index (Phi) is 6.74. The number of hydrogen-bond donors (Lipinski definition) is 1. The minimum Gasteiger partial charge on any atom is -0.354 e. The molecule has 0 saturated carbocycles. The predicted molar refractivity (Wildman–Crippen MR) is 130 cm³/mol. The molecule has 0 fully saturated rings. The van der Waals surface area contributed by atoms with E-state index in [1.165, 1.54) is 38.9 Å². The van der Waals surface area contributed by atoms with Crippen molar-refractivity contribution in [1.82, 2.24) is 14.5 Å². The highest BCUT2D eigenvalue weighted by molar-refractivity contribution is 7.18. The van der Waals surface area contributed by atoms with E-state index < -0.39 is 5.69 Å². The molecule has 1 amide bonds. The Balaban J connectivity index is 1.63. The molecule has 4 rings (SSSR count). The van der Waals surface area contributed by atoms with Gasteiger partial charge in [0.1, 0.15) is 11.4 Å². The zero-order chi connectivity index (χ0) is 22.7. The lowest BCUT2D eigenvalue weighted by Crippen LogP contribution is -2.42. The molecule has 1 aliphatic carbocycles. The number of hydrogen-bond acceptors (Lipinski definition) is 4. The first kappa shape index (κ1) is 22.3. The van der Waals surface area contributed by atoms with Gasteiger partial charge in [-0.2, -0.15) is 0 Å². The van der Waals surface area contributed by atoms with Crippen molar-refractivity contribution < 1.29 is 4.79 Å². The second kappa shape index (κ2) is 9.69. The van der Waals surface area contributed by atoms with E-state index in [1.807, 2.05) is 44.2 Å². The quantitative estimate of drug-likeness (QED) is 0.554. The number of fused-ring (bicyclic) bond motifs is 1. The summed E-state index contributed by atoms with van der Waals surface area (Å²) in [6.07, 6.45) is 7.81. The average Bonchev–Trinajstić information content (AvgIpc) is 3.10. The Morgan fingerprint density at radius 2 is 1.88 bits per heavy atom. The number of rotatable bonds is 7. The number of nitrogens with one attached hydrogen (secondary N) is 1. The van der Waals surface area contributed by atoms with Crippen LogP contribution in [-0.4, -0.2) is 21.6 Å². The number of benzene rings is 1. The molecular formula is C25H29N3O3S. The van der Waals surface area contributed by atoms with E-state index in [1.54, 1.807) is 0 Å². The van der Waals surface area contributed by atoms with E-state index in [4.69, 9.17) is 0 Å². The van der Waals surface area contributed by atoms with Crippen LogP contribution < -0.4 is 16.6 Å². The molecular weight excluding hydrogens is 422 g/mol. The fourth-order valence-electron chi connectivity index (χ4n) is 4.24. The third kappa shape index (κ3) is 4.63. The minimum atomic E-state index is -0.447. The summed E-state index contributed by atoms with van der Waals surface area (Å²) < 4.78 is 2.70. The molecule has 7 heteroatoms. The molecule has 1 aliphatic rings. The number of nitrogens with zero attached hydrogens (tertiary/aromatic N) is 2. The van der Waals surface area contributed by atoms with Gasteiger partial charge in [-0.25, -0.2) is 4.79 Å². The smallest absolute Gasteiger partial charge is 0.332 e. The molecule has 168 valence electrons. The summed E-state index contributed by atoms with van der Waals surface area (Å²) in [7, 11) is 0. The molecule has 0 bridgehead atoms. The van der Waals surface area contributed by atoms with Crippen molar-refractivity contribution in [2.75, 3.05) is 6.54 Å². The first-order valence-corrected chi connectivity index (χ1v) is 12.0. The van der Waals surface area contributed by atoms with Gasteiger partial charge in [-0.1, -0.05) is 42.0 Å². The van der Waals surface area contributed by atoms with Crippen molar-refractivity contribution in [2.45, 2.75) is 59.0 Å². The second-order valence-corrected chi connectivity index (χ2v) is 9.62. The summed E-state index contributed by atoms with van der Waals surface area (Å²) >= 11 is 1.40. The number of aryl methyl sites for hydroxylation is 2. The molecule has 0 unspecified atom stereocenters. The van der Waals surface area contributed by atoms with Crippen molar-refractivity contribution in [3.63, 3.8) is 0 Å². The van der Waals surface area contributed by atoms with Gasteiger partial charge in [-0.05, 0) is 57.1 Å². The van der Waals surface area contributed by atoms with Crippen LogP contribution in [0.1, 0.15) is 48.1 Å². The zero-order valence-electron chi connectivity index (χ0n) is 18.6. The van der Waals surface area contributed by atoms with Gasteiger partial charge in [-0.3, -0.25) is 18.7 Å². The van der Waals surface area contributed by atoms with Crippen LogP contribution in [0.3, 0.4) is 0 Å². The summed E-state index contributed by atoms with van der Waals surface area (Å²) in [5.41, 5.74) is 2.40. The highest BCUT2D eigenvalue weighted by atomic mass is 32.1. The van der Waals surface area contributed by atoms with Crippen molar-refractivity contribution in [3.05, 3.63) is 78.8 Å². The van der Waals surface area contributed by atoms with Crippen LogP contribution in [0.2, 0.25) is 0 Å². The molecule has 3 aromatic rings. The number of carbonyl (C=O) groups excluding carboxylic acids is 1. The van der Waals surface area contributed by atoms with Crippen molar-refractivity contribution >= 4 is 27.5 Å². The van der Waals surface area contributed by atoms with Gasteiger partial charge in [0, 0.05) is 11.4 Å². The molecule has 0 atom stereocenters. The summed E-state index contributed by atoms with van der Waals surface area (Å²) in [6.45, 7) is 4.49. The van der Waals surface area contributed by atoms with Crippen molar-refractivity contribution in [2.24, 2.45) is 0 Å². The highest BCUT2D eigenvalue weighted by Crippen LogP contribution is 2.27. The van der Waals surface area contributed by atoms with Crippen LogP contribution in [0.25, 0.3) is 10.2 Å². The third-order valence-corrected chi connectivity index (χ3v) is 7.40. The van der Waals surface area contributed by atoms with Gasteiger partial charge in [0.2, 0.25) is 5.91 Å². The molecule has 0 saturated heterocycles. The van der Waals surface area contributed by atoms with E-state index in [2.05, 4.69) is 11.4 Å². The molecule has 2 aromatic heterocycles. The molecule has 6 nitrogen and oxygen atoms in total. The van der Waals surface area contributed by atoms with Crippen LogP contribution in [0.5, 0.6) is 0 Å². The maximum absolute atomic E-state index is 13.3. The lowest BCUT2D eigenvalue weighted by atomic mass is 9.97. The Hall–Kier alpha value is -2.93. The van der Waals surface area contributed by atoms with Gasteiger partial charge in [0.05, 0.1) is 11.9 Å². The maximum atomic E-state index is 13.3. The lowest BCUT2D eigenvalue weighted by molar-refractivity contribution is -0.121.